The highest BCUT2D eigenvalue weighted by molar-refractivity contribution is 5.41. The maximum Gasteiger partial charge on any atom is 0.274 e. The molecular formula is C17H20N2O3. The molecule has 0 aliphatic heterocycles. The number of aliphatic hydroxyl groups is 1. The summed E-state index contributed by atoms with van der Waals surface area (Å²) in [6.45, 7) is 3.87. The van der Waals surface area contributed by atoms with E-state index in [1.54, 1.807) is 25.1 Å². The average molecular weight is 300 g/mol. The van der Waals surface area contributed by atoms with Crippen LogP contribution >= 0.6 is 0 Å². The summed E-state index contributed by atoms with van der Waals surface area (Å²) < 4.78 is 0. The first kappa shape index (κ1) is 16.1. The highest BCUT2D eigenvalue weighted by atomic mass is 16.6. The largest absolute Gasteiger partial charge is 0.384 e. The van der Waals surface area contributed by atoms with Crippen molar-refractivity contribution in [2.24, 2.45) is 0 Å². The molecule has 22 heavy (non-hydrogen) atoms. The van der Waals surface area contributed by atoms with Crippen molar-refractivity contribution in [3.8, 4) is 0 Å². The zero-order valence-corrected chi connectivity index (χ0v) is 12.7. The van der Waals surface area contributed by atoms with Crippen LogP contribution in [0.25, 0.3) is 0 Å². The van der Waals surface area contributed by atoms with E-state index in [4.69, 9.17) is 0 Å². The van der Waals surface area contributed by atoms with Gasteiger partial charge < -0.3 is 10.4 Å². The SMILES string of the molecule is CC(NCC(C)(O)c1ccccc1)c1ccccc1[N+](=O)[O-]. The van der Waals surface area contributed by atoms with Crippen LogP contribution in [0.3, 0.4) is 0 Å². The van der Waals surface area contributed by atoms with Gasteiger partial charge >= 0.3 is 0 Å². The Morgan fingerprint density at radius 2 is 1.77 bits per heavy atom. The quantitative estimate of drug-likeness (QED) is 0.634. The third-order valence-corrected chi connectivity index (χ3v) is 3.75. The van der Waals surface area contributed by atoms with Crippen molar-refractivity contribution < 1.29 is 10.0 Å². The molecule has 0 heterocycles. The molecule has 0 saturated carbocycles. The fourth-order valence-corrected chi connectivity index (χ4v) is 2.38. The number of nitrogens with one attached hydrogen (secondary N) is 1. The molecule has 2 unspecified atom stereocenters. The van der Waals surface area contributed by atoms with Gasteiger partial charge in [0, 0.05) is 24.2 Å². The van der Waals surface area contributed by atoms with E-state index in [1.165, 1.54) is 6.07 Å². The lowest BCUT2D eigenvalue weighted by Crippen LogP contribution is -2.36. The van der Waals surface area contributed by atoms with Crippen LogP contribution in [0.1, 0.15) is 31.0 Å². The first-order valence-electron chi connectivity index (χ1n) is 7.16. The predicted molar refractivity (Wildman–Crippen MR) is 85.5 cm³/mol. The number of hydrogen-bond acceptors (Lipinski definition) is 4. The van der Waals surface area contributed by atoms with Crippen molar-refractivity contribution in [1.29, 1.82) is 0 Å². The van der Waals surface area contributed by atoms with Crippen LogP contribution in [0.5, 0.6) is 0 Å². The summed E-state index contributed by atoms with van der Waals surface area (Å²) in [6, 6.07) is 15.7. The van der Waals surface area contributed by atoms with Gasteiger partial charge in [-0.3, -0.25) is 10.1 Å². The van der Waals surface area contributed by atoms with E-state index in [-0.39, 0.29) is 16.7 Å². The van der Waals surface area contributed by atoms with Crippen molar-refractivity contribution in [1.82, 2.24) is 5.32 Å². The smallest absolute Gasteiger partial charge is 0.274 e. The second kappa shape index (κ2) is 6.68. The van der Waals surface area contributed by atoms with Crippen LogP contribution < -0.4 is 5.32 Å². The highest BCUT2D eigenvalue weighted by Gasteiger charge is 2.25. The standard InChI is InChI=1S/C17H20N2O3/c1-13(15-10-6-7-11-16(15)19(21)22)18-12-17(2,20)14-8-4-3-5-9-14/h3-11,13,18,20H,12H2,1-2H3. The van der Waals surface area contributed by atoms with E-state index >= 15 is 0 Å². The Balaban J connectivity index is 2.10. The molecule has 2 N–H and O–H groups in total. The summed E-state index contributed by atoms with van der Waals surface area (Å²) >= 11 is 0. The maximum absolute atomic E-state index is 11.1. The number of nitrogens with zero attached hydrogens (tertiary/aromatic N) is 1. The Bertz CT molecular complexity index is 641. The third-order valence-electron chi connectivity index (χ3n) is 3.75. The van der Waals surface area contributed by atoms with Crippen LogP contribution in [0.2, 0.25) is 0 Å². The first-order chi connectivity index (χ1) is 10.4. The molecule has 0 aliphatic rings. The van der Waals surface area contributed by atoms with Crippen molar-refractivity contribution in [2.45, 2.75) is 25.5 Å². The van der Waals surface area contributed by atoms with Gasteiger partial charge in [-0.1, -0.05) is 48.5 Å². The average Bonchev–Trinajstić information content (AvgIpc) is 2.53. The molecule has 0 radical (unpaired) electrons. The van der Waals surface area contributed by atoms with Crippen molar-refractivity contribution in [3.05, 3.63) is 75.8 Å². The van der Waals surface area contributed by atoms with Gasteiger partial charge in [0.1, 0.15) is 0 Å². The fourth-order valence-electron chi connectivity index (χ4n) is 2.38. The van der Waals surface area contributed by atoms with Crippen LogP contribution in [-0.2, 0) is 5.60 Å². The minimum Gasteiger partial charge on any atom is -0.384 e. The lowest BCUT2D eigenvalue weighted by Gasteiger charge is -2.26. The molecule has 5 nitrogen and oxygen atoms in total. The molecule has 0 aromatic heterocycles. The van der Waals surface area contributed by atoms with Crippen molar-refractivity contribution in [3.63, 3.8) is 0 Å². The summed E-state index contributed by atoms with van der Waals surface area (Å²) in [5.74, 6) is 0. The second-order valence-electron chi connectivity index (χ2n) is 5.56. The van der Waals surface area contributed by atoms with E-state index in [2.05, 4.69) is 5.32 Å². The Hall–Kier alpha value is -2.24. The summed E-state index contributed by atoms with van der Waals surface area (Å²) in [6.07, 6.45) is 0. The minimum atomic E-state index is -1.04. The molecule has 5 heteroatoms. The van der Waals surface area contributed by atoms with Crippen molar-refractivity contribution >= 4 is 5.69 Å². The minimum absolute atomic E-state index is 0.0850. The Labute approximate surface area is 129 Å². The summed E-state index contributed by atoms with van der Waals surface area (Å²) in [7, 11) is 0. The van der Waals surface area contributed by atoms with E-state index in [0.29, 0.717) is 12.1 Å². The van der Waals surface area contributed by atoms with E-state index in [9.17, 15) is 15.2 Å². The summed E-state index contributed by atoms with van der Waals surface area (Å²) in [4.78, 5) is 10.7. The lowest BCUT2D eigenvalue weighted by atomic mass is 9.95. The van der Waals surface area contributed by atoms with Crippen LogP contribution in [0.4, 0.5) is 5.69 Å². The number of nitro groups is 1. The number of para-hydroxylation sites is 1. The predicted octanol–water partition coefficient (Wildman–Crippen LogP) is 3.15. The maximum atomic E-state index is 11.1. The van der Waals surface area contributed by atoms with E-state index < -0.39 is 5.60 Å². The van der Waals surface area contributed by atoms with Gasteiger partial charge in [-0.2, -0.15) is 0 Å². The van der Waals surface area contributed by atoms with Gasteiger partial charge in [0.2, 0.25) is 0 Å². The Kier molecular flexibility index (Phi) is 4.90. The molecule has 2 aromatic carbocycles. The van der Waals surface area contributed by atoms with Gasteiger partial charge in [-0.05, 0) is 19.4 Å². The zero-order valence-electron chi connectivity index (χ0n) is 12.7. The topological polar surface area (TPSA) is 75.4 Å². The van der Waals surface area contributed by atoms with Gasteiger partial charge in [-0.25, -0.2) is 0 Å². The summed E-state index contributed by atoms with van der Waals surface area (Å²) in [5.41, 5.74) is 0.453. The Morgan fingerprint density at radius 3 is 2.41 bits per heavy atom. The molecule has 0 amide bonds. The van der Waals surface area contributed by atoms with Crippen molar-refractivity contribution in [2.75, 3.05) is 6.54 Å². The van der Waals surface area contributed by atoms with Gasteiger partial charge in [0.05, 0.1) is 10.5 Å². The first-order valence-corrected chi connectivity index (χ1v) is 7.16. The molecule has 0 bridgehead atoms. The van der Waals surface area contributed by atoms with Crippen LogP contribution in [0, 0.1) is 10.1 Å². The fraction of sp³-hybridized carbons (Fsp3) is 0.294. The van der Waals surface area contributed by atoms with Gasteiger partial charge in [-0.15, -0.1) is 0 Å². The molecule has 0 spiro atoms. The molecular weight excluding hydrogens is 280 g/mol. The number of hydrogen-bond donors (Lipinski definition) is 2. The molecule has 0 saturated heterocycles. The van der Waals surface area contributed by atoms with Gasteiger partial charge in [0.15, 0.2) is 0 Å². The molecule has 2 aromatic rings. The Morgan fingerprint density at radius 1 is 1.18 bits per heavy atom. The molecule has 2 atom stereocenters. The zero-order chi connectivity index (χ0) is 16.2. The van der Waals surface area contributed by atoms with Crippen LogP contribution in [0.15, 0.2) is 54.6 Å². The molecule has 0 aliphatic carbocycles. The normalized spacial score (nSPS) is 15.0. The monoisotopic (exact) mass is 300 g/mol. The lowest BCUT2D eigenvalue weighted by molar-refractivity contribution is -0.385. The molecule has 2 rings (SSSR count). The van der Waals surface area contributed by atoms with E-state index in [1.807, 2.05) is 37.3 Å². The second-order valence-corrected chi connectivity index (χ2v) is 5.56. The molecule has 116 valence electrons. The highest BCUT2D eigenvalue weighted by Crippen LogP contribution is 2.26. The van der Waals surface area contributed by atoms with Gasteiger partial charge in [0.25, 0.3) is 5.69 Å². The number of rotatable bonds is 6. The molecule has 0 fully saturated rings. The number of nitro benzene ring substituents is 1. The third kappa shape index (κ3) is 3.69. The number of benzene rings is 2. The summed E-state index contributed by atoms with van der Waals surface area (Å²) in [5, 5.41) is 24.8. The van der Waals surface area contributed by atoms with E-state index in [0.717, 1.165) is 5.56 Å². The van der Waals surface area contributed by atoms with Crippen LogP contribution in [-0.4, -0.2) is 16.6 Å².